The van der Waals surface area contributed by atoms with Gasteiger partial charge in [0.25, 0.3) is 0 Å². The minimum atomic E-state index is -3.76. The van der Waals surface area contributed by atoms with E-state index in [1.165, 1.54) is 4.90 Å². The molecule has 0 aliphatic rings. The van der Waals surface area contributed by atoms with E-state index < -0.39 is 28.5 Å². The van der Waals surface area contributed by atoms with Crippen molar-refractivity contribution >= 4 is 27.5 Å². The van der Waals surface area contributed by atoms with Crippen LogP contribution in [0.5, 0.6) is 0 Å². The topological polar surface area (TPSA) is 86.8 Å². The Morgan fingerprint density at radius 3 is 2.17 bits per heavy atom. The molecule has 0 heterocycles. The summed E-state index contributed by atoms with van der Waals surface area (Å²) in [4.78, 5) is 28.2. The molecule has 0 aliphatic heterocycles. The van der Waals surface area contributed by atoms with Crippen LogP contribution in [0.2, 0.25) is 0 Å². The molecule has 0 bridgehead atoms. The molecule has 36 heavy (non-hydrogen) atoms. The zero-order valence-corrected chi connectivity index (χ0v) is 23.5. The van der Waals surface area contributed by atoms with E-state index >= 15 is 0 Å². The van der Waals surface area contributed by atoms with Crippen molar-refractivity contribution in [3.05, 3.63) is 65.2 Å². The van der Waals surface area contributed by atoms with Gasteiger partial charge in [-0.3, -0.25) is 13.9 Å². The molecule has 0 spiro atoms. The monoisotopic (exact) mass is 515 g/mol. The van der Waals surface area contributed by atoms with Crippen molar-refractivity contribution < 1.29 is 18.0 Å². The van der Waals surface area contributed by atoms with Crippen LogP contribution < -0.4 is 9.62 Å². The van der Waals surface area contributed by atoms with E-state index in [-0.39, 0.29) is 17.9 Å². The lowest BCUT2D eigenvalue weighted by Gasteiger charge is -2.33. The minimum Gasteiger partial charge on any atom is -0.354 e. The maximum atomic E-state index is 13.7. The molecular formula is C28H41N3O4S. The number of carbonyl (C=O) groups excluding carboxylic acids is 2. The van der Waals surface area contributed by atoms with Crippen LogP contribution >= 0.6 is 0 Å². The third-order valence-electron chi connectivity index (χ3n) is 6.07. The van der Waals surface area contributed by atoms with Gasteiger partial charge in [-0.15, -0.1) is 0 Å². The normalized spacial score (nSPS) is 12.6. The Hall–Kier alpha value is -2.87. The fraction of sp³-hybridized carbons (Fsp3) is 0.500. The van der Waals surface area contributed by atoms with Gasteiger partial charge in [-0.05, 0) is 48.4 Å². The Labute approximate surface area is 216 Å². The molecule has 8 heteroatoms. The standard InChI is InChI=1S/C28H41N3O4S/c1-8-17-29-27(33)25(9-2)30(19-22-12-10-11-21(3)18-22)26(32)20-31(36(7,34)35)24-15-13-23(14-16-24)28(4,5)6/h10-16,18,25H,8-9,17,19-20H2,1-7H3,(H,29,33)/t25-/m0/s1. The number of aryl methyl sites for hydroxylation is 1. The Morgan fingerprint density at radius 1 is 1.03 bits per heavy atom. The quantitative estimate of drug-likeness (QED) is 0.481. The molecular weight excluding hydrogens is 474 g/mol. The molecule has 0 unspecified atom stereocenters. The first kappa shape index (κ1) is 29.4. The Kier molecular flexibility index (Phi) is 10.1. The Bertz CT molecular complexity index is 1140. The summed E-state index contributed by atoms with van der Waals surface area (Å²) >= 11 is 0. The molecule has 2 rings (SSSR count). The molecule has 1 N–H and O–H groups in total. The molecule has 0 aliphatic carbocycles. The largest absolute Gasteiger partial charge is 0.354 e. The van der Waals surface area contributed by atoms with Crippen LogP contribution in [0.15, 0.2) is 48.5 Å². The number of hydrogen-bond acceptors (Lipinski definition) is 4. The number of amides is 2. The van der Waals surface area contributed by atoms with E-state index in [4.69, 9.17) is 0 Å². The first-order valence-electron chi connectivity index (χ1n) is 12.5. The fourth-order valence-corrected chi connectivity index (χ4v) is 4.88. The maximum absolute atomic E-state index is 13.7. The summed E-state index contributed by atoms with van der Waals surface area (Å²) in [7, 11) is -3.76. The lowest BCUT2D eigenvalue weighted by atomic mass is 9.87. The minimum absolute atomic E-state index is 0.0882. The van der Waals surface area contributed by atoms with E-state index in [2.05, 4.69) is 26.1 Å². The van der Waals surface area contributed by atoms with Gasteiger partial charge in [-0.2, -0.15) is 0 Å². The van der Waals surface area contributed by atoms with Crippen molar-refractivity contribution in [1.29, 1.82) is 0 Å². The first-order valence-corrected chi connectivity index (χ1v) is 14.3. The number of nitrogens with zero attached hydrogens (tertiary/aromatic N) is 2. The summed E-state index contributed by atoms with van der Waals surface area (Å²) in [5, 5.41) is 2.89. The van der Waals surface area contributed by atoms with Gasteiger partial charge in [-0.25, -0.2) is 8.42 Å². The predicted octanol–water partition coefficient (Wildman–Crippen LogP) is 4.39. The van der Waals surface area contributed by atoms with Crippen LogP contribution in [0.25, 0.3) is 0 Å². The number of rotatable bonds is 11. The molecule has 0 aromatic heterocycles. The highest BCUT2D eigenvalue weighted by Gasteiger charge is 2.31. The smallest absolute Gasteiger partial charge is 0.244 e. The van der Waals surface area contributed by atoms with Crippen molar-refractivity contribution in [2.24, 2.45) is 0 Å². The second-order valence-electron chi connectivity index (χ2n) is 10.3. The van der Waals surface area contributed by atoms with Crippen LogP contribution in [-0.4, -0.2) is 50.5 Å². The van der Waals surface area contributed by atoms with Gasteiger partial charge < -0.3 is 10.2 Å². The van der Waals surface area contributed by atoms with Crippen LogP contribution in [0.4, 0.5) is 5.69 Å². The number of benzene rings is 2. The Morgan fingerprint density at radius 2 is 1.67 bits per heavy atom. The molecule has 2 amide bonds. The average molecular weight is 516 g/mol. The fourth-order valence-electron chi connectivity index (χ4n) is 4.03. The van der Waals surface area contributed by atoms with Crippen molar-refractivity contribution in [3.8, 4) is 0 Å². The summed E-state index contributed by atoms with van der Waals surface area (Å²) in [6, 6.07) is 14.3. The highest BCUT2D eigenvalue weighted by atomic mass is 32.2. The number of sulfonamides is 1. The highest BCUT2D eigenvalue weighted by Crippen LogP contribution is 2.26. The SMILES string of the molecule is CCCNC(=O)[C@H](CC)N(Cc1cccc(C)c1)C(=O)CN(c1ccc(C(C)(C)C)cc1)S(C)(=O)=O. The molecule has 0 radical (unpaired) electrons. The molecule has 198 valence electrons. The molecule has 1 atom stereocenters. The van der Waals surface area contributed by atoms with Gasteiger partial charge in [0, 0.05) is 13.1 Å². The second kappa shape index (κ2) is 12.4. The molecule has 2 aromatic carbocycles. The summed E-state index contributed by atoms with van der Waals surface area (Å²) < 4.78 is 26.6. The van der Waals surface area contributed by atoms with Crippen LogP contribution in [0.3, 0.4) is 0 Å². The summed E-state index contributed by atoms with van der Waals surface area (Å²) in [6.07, 6.45) is 2.28. The van der Waals surface area contributed by atoms with Crippen molar-refractivity contribution in [2.45, 2.75) is 72.4 Å². The Balaban J connectivity index is 2.43. The van der Waals surface area contributed by atoms with E-state index in [9.17, 15) is 18.0 Å². The predicted molar refractivity (Wildman–Crippen MR) is 146 cm³/mol. The number of anilines is 1. The van der Waals surface area contributed by atoms with E-state index in [0.29, 0.717) is 18.7 Å². The lowest BCUT2D eigenvalue weighted by Crippen LogP contribution is -2.52. The van der Waals surface area contributed by atoms with Gasteiger partial charge >= 0.3 is 0 Å². The van der Waals surface area contributed by atoms with Crippen LogP contribution in [0, 0.1) is 6.92 Å². The van der Waals surface area contributed by atoms with Crippen molar-refractivity contribution in [1.82, 2.24) is 10.2 Å². The molecule has 0 saturated carbocycles. The summed E-state index contributed by atoms with van der Waals surface area (Å²) in [5.74, 6) is -0.666. The third kappa shape index (κ3) is 8.08. The van der Waals surface area contributed by atoms with Crippen LogP contribution in [0.1, 0.15) is 64.2 Å². The molecule has 2 aromatic rings. The zero-order valence-electron chi connectivity index (χ0n) is 22.7. The van der Waals surface area contributed by atoms with Crippen LogP contribution in [-0.2, 0) is 31.6 Å². The molecule has 0 fully saturated rings. The number of carbonyl (C=O) groups is 2. The third-order valence-corrected chi connectivity index (χ3v) is 7.21. The van der Waals surface area contributed by atoms with Gasteiger partial charge in [0.2, 0.25) is 21.8 Å². The summed E-state index contributed by atoms with van der Waals surface area (Å²) in [5.41, 5.74) is 3.31. The lowest BCUT2D eigenvalue weighted by molar-refractivity contribution is -0.140. The summed E-state index contributed by atoms with van der Waals surface area (Å²) in [6.45, 7) is 12.4. The zero-order chi connectivity index (χ0) is 27.1. The van der Waals surface area contributed by atoms with E-state index in [1.807, 2.05) is 57.2 Å². The average Bonchev–Trinajstić information content (AvgIpc) is 2.79. The van der Waals surface area contributed by atoms with Gasteiger partial charge in [0.05, 0.1) is 11.9 Å². The molecule has 0 saturated heterocycles. The molecule has 7 nitrogen and oxygen atoms in total. The van der Waals surface area contributed by atoms with Gasteiger partial charge in [0.15, 0.2) is 0 Å². The maximum Gasteiger partial charge on any atom is 0.244 e. The second-order valence-corrected chi connectivity index (χ2v) is 12.2. The first-order chi connectivity index (χ1) is 16.8. The van der Waals surface area contributed by atoms with Crippen molar-refractivity contribution in [2.75, 3.05) is 23.7 Å². The number of hydrogen-bond donors (Lipinski definition) is 1. The van der Waals surface area contributed by atoms with Gasteiger partial charge in [-0.1, -0.05) is 76.6 Å². The van der Waals surface area contributed by atoms with Crippen molar-refractivity contribution in [3.63, 3.8) is 0 Å². The number of nitrogens with one attached hydrogen (secondary N) is 1. The van der Waals surface area contributed by atoms with E-state index in [1.54, 1.807) is 12.1 Å². The highest BCUT2D eigenvalue weighted by molar-refractivity contribution is 7.92. The van der Waals surface area contributed by atoms with E-state index in [0.717, 1.165) is 33.7 Å². The van der Waals surface area contributed by atoms with Gasteiger partial charge in [0.1, 0.15) is 12.6 Å².